The van der Waals surface area contributed by atoms with Crippen molar-refractivity contribution in [3.8, 4) is 50.5 Å². The number of allylic oxidation sites excluding steroid dienone is 11. The van der Waals surface area contributed by atoms with Crippen LogP contribution in [-0.2, 0) is 6.42 Å². The summed E-state index contributed by atoms with van der Waals surface area (Å²) < 4.78 is 71.7. The van der Waals surface area contributed by atoms with Gasteiger partial charge in [0.05, 0.1) is 50.6 Å². The maximum absolute atomic E-state index is 18.9. The van der Waals surface area contributed by atoms with Gasteiger partial charge in [-0.25, -0.2) is 18.6 Å². The van der Waals surface area contributed by atoms with Crippen molar-refractivity contribution in [1.29, 1.82) is 5.41 Å². The highest BCUT2D eigenvalue weighted by atomic mass is 32.2. The first kappa shape index (κ1) is 101. The minimum absolute atomic E-state index is 0.0170. The molecule has 1 saturated carbocycles. The molecule has 6 N–H and O–H groups in total. The Hall–Kier alpha value is -5.95. The molecule has 704 valence electrons. The third kappa shape index (κ3) is 25.7. The minimum Gasteiger partial charge on any atom is -0.491 e. The van der Waals surface area contributed by atoms with E-state index in [-0.39, 0.29) is 34.3 Å². The van der Waals surface area contributed by atoms with Crippen LogP contribution in [0.3, 0.4) is 0 Å². The molecule has 8 nitrogen and oxygen atoms in total. The van der Waals surface area contributed by atoms with Gasteiger partial charge in [-0.3, -0.25) is 10.8 Å². The van der Waals surface area contributed by atoms with Crippen LogP contribution in [0.1, 0.15) is 330 Å². The first-order valence-corrected chi connectivity index (χ1v) is 58.7. The molecule has 0 saturated heterocycles. The minimum atomic E-state index is -1.02. The summed E-state index contributed by atoms with van der Waals surface area (Å²) in [5.74, 6) is 1.96. The predicted octanol–water partition coefficient (Wildman–Crippen LogP) is 35.1. The predicted molar refractivity (Wildman–Crippen MR) is 578 cm³/mol. The molecule has 5 unspecified atom stereocenters. The number of unbranched alkanes of at least 4 members (excludes halogenated alkanes) is 16. The van der Waals surface area contributed by atoms with Gasteiger partial charge in [-0.05, 0) is 197 Å². The van der Waals surface area contributed by atoms with E-state index in [2.05, 4.69) is 154 Å². The van der Waals surface area contributed by atoms with Gasteiger partial charge in [0.25, 0.3) is 0 Å². The van der Waals surface area contributed by atoms with Crippen molar-refractivity contribution in [2.45, 2.75) is 312 Å². The molecule has 8 aromatic heterocycles. The molecule has 0 radical (unpaired) electrons. The van der Waals surface area contributed by atoms with Crippen molar-refractivity contribution in [3.05, 3.63) is 166 Å². The second kappa shape index (κ2) is 50.9. The Kier molecular flexibility index (Phi) is 39.3. The first-order chi connectivity index (χ1) is 64.1. The fraction of sp³-hybridized carbons (Fsp3) is 0.527. The fourth-order valence-corrected chi connectivity index (χ4v) is 30.2. The number of rotatable bonds is 57. The smallest absolute Gasteiger partial charge is 0.234 e. The number of nitrogens with zero attached hydrogens (tertiary/aromatic N) is 2. The highest BCUT2D eigenvalue weighted by Gasteiger charge is 2.44. The van der Waals surface area contributed by atoms with Gasteiger partial charge >= 0.3 is 0 Å². The molecule has 0 amide bonds. The monoisotopic (exact) mass is 1960 g/mol. The number of quaternary nitrogens is 1. The van der Waals surface area contributed by atoms with Crippen molar-refractivity contribution >= 4 is 184 Å². The number of hydrazone groups is 1. The number of thiophene rings is 8. The number of nitrogens with two attached hydrogens (primary N) is 2. The molecule has 1 fully saturated rings. The van der Waals surface area contributed by atoms with E-state index in [9.17, 15) is 5.41 Å². The zero-order valence-corrected chi connectivity index (χ0v) is 87.7. The fourth-order valence-electron chi connectivity index (χ4n) is 18.6. The molecule has 5 aliphatic rings. The SMILES string of the molecule is CCCCCCC1=CC=C(C2CC=C(c3ccc(C4=C(F)C(F)=C(c5ccc(-c6cc7c(OCC(CC)CCCC)c8sc(-c9ccc(C%10=C(C%11CC%11)C(F)=C(c%11ccc(-c%12ccc(-c%13ccc(CCCCCC)s%13)s%12)s%11)C(=NNCC(CCCC)CCCCCC)C%10=[NH2+])s9)cc8c(OCC(CC)CCCC)c7s6)s5)C(=N[NH2+]CC(CCCC)CCCCCC)C4=N)s3)S2)SC1. The molecule has 3 aliphatic carbocycles. The van der Waals surface area contributed by atoms with Gasteiger partial charge < -0.3 is 14.9 Å². The lowest BCUT2D eigenvalue weighted by Crippen LogP contribution is -2.80. The summed E-state index contributed by atoms with van der Waals surface area (Å²) in [5.41, 5.74) is 9.98. The number of aryl methyl sites for hydroxylation is 1. The van der Waals surface area contributed by atoms with Crippen LogP contribution >= 0.6 is 114 Å². The summed E-state index contributed by atoms with van der Waals surface area (Å²) in [6.07, 6.45) is 49.0. The van der Waals surface area contributed by atoms with E-state index in [1.165, 1.54) is 155 Å². The molecule has 9 aromatic rings. The topological polar surface area (TPSA) is 121 Å². The molecular formula is C110H143F3N6O2S10+2. The lowest BCUT2D eigenvalue weighted by molar-refractivity contribution is -0.666. The molecular weight excluding hydrogens is 1810 g/mol. The Balaban J connectivity index is 0.831. The largest absolute Gasteiger partial charge is 0.491 e. The highest BCUT2D eigenvalue weighted by Crippen LogP contribution is 2.58. The van der Waals surface area contributed by atoms with Crippen LogP contribution in [0.2, 0.25) is 0 Å². The van der Waals surface area contributed by atoms with Crippen LogP contribution in [0.15, 0.2) is 147 Å². The molecule has 2 aliphatic heterocycles. The van der Waals surface area contributed by atoms with Gasteiger partial charge in [0.1, 0.15) is 23.9 Å². The average molecular weight is 1960 g/mol. The third-order valence-electron chi connectivity index (χ3n) is 26.8. The van der Waals surface area contributed by atoms with Gasteiger partial charge in [0.15, 0.2) is 23.1 Å². The Morgan fingerprint density at radius 3 is 1.43 bits per heavy atom. The van der Waals surface area contributed by atoms with E-state index in [1.807, 2.05) is 75.9 Å². The number of benzene rings is 1. The second-order valence-electron chi connectivity index (χ2n) is 37.0. The van der Waals surface area contributed by atoms with Crippen LogP contribution in [0.25, 0.3) is 86.4 Å². The van der Waals surface area contributed by atoms with Crippen molar-refractivity contribution in [1.82, 2.24) is 5.43 Å². The van der Waals surface area contributed by atoms with Crippen LogP contribution in [-0.4, -0.2) is 60.2 Å². The van der Waals surface area contributed by atoms with Crippen LogP contribution < -0.4 is 25.7 Å². The summed E-state index contributed by atoms with van der Waals surface area (Å²) in [6, 6.07) is 30.1. The zero-order chi connectivity index (χ0) is 91.7. The maximum Gasteiger partial charge on any atom is 0.234 e. The van der Waals surface area contributed by atoms with Gasteiger partial charge in [0, 0.05) is 113 Å². The van der Waals surface area contributed by atoms with E-state index >= 15 is 13.2 Å². The summed E-state index contributed by atoms with van der Waals surface area (Å²) in [7, 11) is 0. The Bertz CT molecular complexity index is 5530. The van der Waals surface area contributed by atoms with Crippen molar-refractivity contribution < 1.29 is 33.5 Å². The standard InChI is InChI=1S/C110H141F3N6O2S10/c1-11-21-29-33-41-72(39-27-17-7)65-116-118-105-98(91-61-56-86(127-91)84-54-53-82(125-84)81-50-48-76(123-81)44-36-32-24-14-4)100(111)95(75-46-47-75)96(103(105)114)89-59-57-87(128-89)93-63-77-107(120-67-70(19-9)37-25-15-5)110-78(108(109(77)130-93)121-68-71(20-10)38-26-16-6)64-94(131-110)88-58-62-92(129-88)99-102(113)101(112)97(104(115)106(99)119-117-66-73(40-28-18-8)42-34-30-22-12-2)90-60-55-85(126-90)83-52-51-80(124-83)79-49-45-74(69-122-79)43-35-31-23-13-3/h45,48-50,52-64,70-73,75,80,114-117H,11-44,46-47,51,65-69H2,1-10H3/p+2. The first-order valence-electron chi connectivity index (χ1n) is 50.3. The van der Waals surface area contributed by atoms with Gasteiger partial charge in [-0.1, -0.05) is 252 Å². The Morgan fingerprint density at radius 1 is 0.450 bits per heavy atom. The molecule has 1 aromatic carbocycles. The van der Waals surface area contributed by atoms with Gasteiger partial charge in [0.2, 0.25) is 5.71 Å². The molecule has 0 bridgehead atoms. The lowest BCUT2D eigenvalue weighted by atomic mass is 9.84. The van der Waals surface area contributed by atoms with Crippen LogP contribution in [0.5, 0.6) is 11.5 Å². The summed E-state index contributed by atoms with van der Waals surface area (Å²) in [6.45, 7) is 25.1. The van der Waals surface area contributed by atoms with Crippen LogP contribution in [0.4, 0.5) is 13.2 Å². The van der Waals surface area contributed by atoms with Gasteiger partial charge in [-0.15, -0.1) is 114 Å². The number of ether oxygens (including phenoxy) is 2. The number of thioether (sulfide) groups is 2. The molecule has 21 heteroatoms. The average Bonchev–Trinajstić information content (AvgIpc) is 1.58. The molecule has 0 spiro atoms. The zero-order valence-electron chi connectivity index (χ0n) is 79.6. The number of nitrogens with one attached hydrogen (secondary N) is 2. The molecule has 131 heavy (non-hydrogen) atoms. The van der Waals surface area contributed by atoms with Crippen molar-refractivity contribution in [2.24, 2.45) is 39.8 Å². The van der Waals surface area contributed by atoms with E-state index < -0.39 is 11.7 Å². The van der Waals surface area contributed by atoms with Crippen molar-refractivity contribution in [2.75, 3.05) is 32.1 Å². The van der Waals surface area contributed by atoms with Crippen molar-refractivity contribution in [3.63, 3.8) is 0 Å². The highest BCUT2D eigenvalue weighted by molar-refractivity contribution is 8.11. The normalized spacial score (nSPS) is 17.4. The van der Waals surface area contributed by atoms with Gasteiger partial charge in [-0.2, -0.15) is 5.10 Å². The van der Waals surface area contributed by atoms with E-state index in [0.717, 1.165) is 222 Å². The number of halogens is 3. The summed E-state index contributed by atoms with van der Waals surface area (Å²) in [5, 5.41) is 30.7. The molecule has 14 rings (SSSR count). The Labute approximate surface area is 821 Å². The second-order valence-corrected chi connectivity index (χ2v) is 48.0. The number of fused-ring (bicyclic) bond motifs is 2. The number of hydrogen-bond donors (Lipinski definition) is 4. The lowest BCUT2D eigenvalue weighted by Gasteiger charge is -2.22. The third-order valence-corrected chi connectivity index (χ3v) is 39.5. The molecule has 5 atom stereocenters. The van der Waals surface area contributed by atoms with E-state index in [1.54, 1.807) is 45.3 Å². The molecule has 10 heterocycles. The summed E-state index contributed by atoms with van der Waals surface area (Å²) >= 11 is 17.1. The van der Waals surface area contributed by atoms with Crippen LogP contribution in [0, 0.1) is 35.0 Å². The maximum atomic E-state index is 18.9. The Morgan fingerprint density at radius 2 is 0.893 bits per heavy atom. The quantitative estimate of drug-likeness (QED) is 0.0131. The van der Waals surface area contributed by atoms with E-state index in [0.29, 0.717) is 87.5 Å². The number of hydrogen-bond acceptors (Lipinski definition) is 16. The van der Waals surface area contributed by atoms with E-state index in [4.69, 9.17) is 25.1 Å². The summed E-state index contributed by atoms with van der Waals surface area (Å²) in [4.78, 5) is 16.5.